The Kier molecular flexibility index (Phi) is 6.74. The molecule has 3 aromatic rings. The maximum atomic E-state index is 13.1. The summed E-state index contributed by atoms with van der Waals surface area (Å²) in [4.78, 5) is 12.4. The van der Waals surface area contributed by atoms with Crippen molar-refractivity contribution >= 4 is 33.2 Å². The molecule has 0 aromatic heterocycles. The van der Waals surface area contributed by atoms with Gasteiger partial charge in [0.25, 0.3) is 5.91 Å². The highest BCUT2D eigenvalue weighted by Crippen LogP contribution is 2.31. The number of aryl methyl sites for hydroxylation is 2. The van der Waals surface area contributed by atoms with Crippen molar-refractivity contribution in [2.45, 2.75) is 31.7 Å². The third-order valence-electron chi connectivity index (χ3n) is 5.50. The zero-order chi connectivity index (χ0) is 23.6. The first-order valence-electron chi connectivity index (χ1n) is 10.6. The van der Waals surface area contributed by atoms with Crippen molar-refractivity contribution in [1.29, 1.82) is 0 Å². The fourth-order valence-electron chi connectivity index (χ4n) is 3.97. The standard InChI is InChI=1S/C25H25ClN2O4S/c1-17-11-18(2)13-21(12-17)27-25(29)16-32-24-8-7-22(14-23(24)26)33(30,31)28-10-9-19-5-3-4-6-20(19)15-28/h3-8,11-14H,9-10,15-16H2,1-2H3,(H,27,29). The van der Waals surface area contributed by atoms with E-state index in [9.17, 15) is 13.2 Å². The molecule has 1 N–H and O–H groups in total. The average molecular weight is 485 g/mol. The molecule has 1 heterocycles. The van der Waals surface area contributed by atoms with Gasteiger partial charge in [-0.05, 0) is 72.9 Å². The summed E-state index contributed by atoms with van der Waals surface area (Å²) in [6.07, 6.45) is 0.667. The van der Waals surface area contributed by atoms with E-state index in [1.807, 2.05) is 56.3 Å². The Hall–Kier alpha value is -2.87. The maximum Gasteiger partial charge on any atom is 0.262 e. The van der Waals surface area contributed by atoms with Crippen LogP contribution in [0.3, 0.4) is 0 Å². The number of rotatable bonds is 6. The summed E-state index contributed by atoms with van der Waals surface area (Å²) < 4.78 is 33.3. The van der Waals surface area contributed by atoms with E-state index in [0.29, 0.717) is 25.2 Å². The minimum Gasteiger partial charge on any atom is -0.482 e. The summed E-state index contributed by atoms with van der Waals surface area (Å²) in [5, 5.41) is 2.92. The molecule has 1 amide bonds. The monoisotopic (exact) mass is 484 g/mol. The molecule has 3 aromatic carbocycles. The van der Waals surface area contributed by atoms with E-state index in [-0.39, 0.29) is 28.2 Å². The van der Waals surface area contributed by atoms with Gasteiger partial charge in [-0.1, -0.05) is 41.9 Å². The van der Waals surface area contributed by atoms with Gasteiger partial charge < -0.3 is 10.1 Å². The van der Waals surface area contributed by atoms with Crippen LogP contribution in [-0.4, -0.2) is 31.8 Å². The number of carbonyl (C=O) groups is 1. The SMILES string of the molecule is Cc1cc(C)cc(NC(=O)COc2ccc(S(=O)(=O)N3CCc4ccccc4C3)cc2Cl)c1. The fraction of sp³-hybridized carbons (Fsp3) is 0.240. The minimum atomic E-state index is -3.71. The number of ether oxygens (including phenoxy) is 1. The van der Waals surface area contributed by atoms with Crippen molar-refractivity contribution in [3.63, 3.8) is 0 Å². The molecule has 0 fully saturated rings. The quantitative estimate of drug-likeness (QED) is 0.549. The number of amides is 1. The van der Waals surface area contributed by atoms with Crippen LogP contribution >= 0.6 is 11.6 Å². The van der Waals surface area contributed by atoms with Gasteiger partial charge in [-0.2, -0.15) is 4.31 Å². The van der Waals surface area contributed by atoms with Crippen LogP contribution in [0, 0.1) is 13.8 Å². The van der Waals surface area contributed by atoms with E-state index >= 15 is 0 Å². The minimum absolute atomic E-state index is 0.0962. The van der Waals surface area contributed by atoms with Crippen molar-refractivity contribution < 1.29 is 17.9 Å². The van der Waals surface area contributed by atoms with Crippen LogP contribution in [0.5, 0.6) is 5.75 Å². The predicted molar refractivity (Wildman–Crippen MR) is 129 cm³/mol. The lowest BCUT2D eigenvalue weighted by Crippen LogP contribution is -2.35. The summed E-state index contributed by atoms with van der Waals surface area (Å²) in [5.74, 6) is -0.0880. The zero-order valence-electron chi connectivity index (χ0n) is 18.5. The second kappa shape index (κ2) is 9.55. The number of nitrogens with zero attached hydrogens (tertiary/aromatic N) is 1. The summed E-state index contributed by atoms with van der Waals surface area (Å²) in [6.45, 7) is 4.40. The largest absolute Gasteiger partial charge is 0.482 e. The second-order valence-electron chi connectivity index (χ2n) is 8.16. The highest BCUT2D eigenvalue weighted by molar-refractivity contribution is 7.89. The number of halogens is 1. The van der Waals surface area contributed by atoms with Crippen LogP contribution in [0.2, 0.25) is 5.02 Å². The Morgan fingerprint density at radius 2 is 1.73 bits per heavy atom. The molecule has 0 aliphatic carbocycles. The van der Waals surface area contributed by atoms with Crippen molar-refractivity contribution in [2.75, 3.05) is 18.5 Å². The highest BCUT2D eigenvalue weighted by atomic mass is 35.5. The van der Waals surface area contributed by atoms with Gasteiger partial charge in [0.15, 0.2) is 6.61 Å². The molecular formula is C25H25ClN2O4S. The molecule has 0 saturated carbocycles. The lowest BCUT2D eigenvalue weighted by molar-refractivity contribution is -0.118. The molecule has 1 aliphatic rings. The number of benzene rings is 3. The third-order valence-corrected chi connectivity index (χ3v) is 7.64. The molecule has 6 nitrogen and oxygen atoms in total. The van der Waals surface area contributed by atoms with Gasteiger partial charge in [0, 0.05) is 18.8 Å². The Balaban J connectivity index is 1.42. The van der Waals surface area contributed by atoms with Gasteiger partial charge >= 0.3 is 0 Å². The zero-order valence-corrected chi connectivity index (χ0v) is 20.0. The molecule has 4 rings (SSSR count). The number of fused-ring (bicyclic) bond motifs is 1. The topological polar surface area (TPSA) is 75.7 Å². The first-order valence-corrected chi connectivity index (χ1v) is 12.4. The van der Waals surface area contributed by atoms with Crippen LogP contribution in [0.15, 0.2) is 65.6 Å². The Bertz CT molecular complexity index is 1290. The molecule has 0 spiro atoms. The summed E-state index contributed by atoms with van der Waals surface area (Å²) in [7, 11) is -3.71. The first-order chi connectivity index (χ1) is 15.7. The fourth-order valence-corrected chi connectivity index (χ4v) is 5.72. The normalized spacial score (nSPS) is 13.9. The van der Waals surface area contributed by atoms with E-state index in [1.165, 1.54) is 28.1 Å². The van der Waals surface area contributed by atoms with Crippen molar-refractivity contribution in [1.82, 2.24) is 4.31 Å². The van der Waals surface area contributed by atoms with E-state index in [4.69, 9.17) is 16.3 Å². The summed E-state index contributed by atoms with van der Waals surface area (Å²) >= 11 is 6.30. The van der Waals surface area contributed by atoms with E-state index in [0.717, 1.165) is 16.7 Å². The number of nitrogens with one attached hydrogen (secondary N) is 1. The highest BCUT2D eigenvalue weighted by Gasteiger charge is 2.28. The van der Waals surface area contributed by atoms with Crippen molar-refractivity contribution in [3.05, 3.63) is 87.9 Å². The van der Waals surface area contributed by atoms with Gasteiger partial charge in [-0.15, -0.1) is 0 Å². The van der Waals surface area contributed by atoms with Crippen LogP contribution in [0.25, 0.3) is 0 Å². The molecule has 0 bridgehead atoms. The molecule has 172 valence electrons. The average Bonchev–Trinajstić information content (AvgIpc) is 2.77. The molecule has 33 heavy (non-hydrogen) atoms. The van der Waals surface area contributed by atoms with Crippen LogP contribution in [-0.2, 0) is 27.8 Å². The number of hydrogen-bond donors (Lipinski definition) is 1. The van der Waals surface area contributed by atoms with E-state index in [2.05, 4.69) is 5.32 Å². The first kappa shape index (κ1) is 23.3. The van der Waals surface area contributed by atoms with Crippen LogP contribution in [0.1, 0.15) is 22.3 Å². The molecular weight excluding hydrogens is 460 g/mol. The number of hydrogen-bond acceptors (Lipinski definition) is 4. The second-order valence-corrected chi connectivity index (χ2v) is 10.5. The van der Waals surface area contributed by atoms with Gasteiger partial charge in [-0.25, -0.2) is 8.42 Å². The lowest BCUT2D eigenvalue weighted by atomic mass is 10.0. The lowest BCUT2D eigenvalue weighted by Gasteiger charge is -2.28. The summed E-state index contributed by atoms with van der Waals surface area (Å²) in [5.41, 5.74) is 4.96. The predicted octanol–water partition coefficient (Wildman–Crippen LogP) is 4.72. The van der Waals surface area contributed by atoms with E-state index in [1.54, 1.807) is 0 Å². The number of anilines is 1. The third kappa shape index (κ3) is 5.38. The maximum absolute atomic E-state index is 13.1. The molecule has 0 radical (unpaired) electrons. The van der Waals surface area contributed by atoms with Crippen molar-refractivity contribution in [3.8, 4) is 5.75 Å². The van der Waals surface area contributed by atoms with E-state index < -0.39 is 10.0 Å². The Morgan fingerprint density at radius 1 is 1.03 bits per heavy atom. The number of sulfonamides is 1. The van der Waals surface area contributed by atoms with Gasteiger partial charge in [0.05, 0.1) is 9.92 Å². The Morgan fingerprint density at radius 3 is 2.42 bits per heavy atom. The molecule has 1 aliphatic heterocycles. The molecule has 0 saturated heterocycles. The van der Waals surface area contributed by atoms with Crippen molar-refractivity contribution in [2.24, 2.45) is 0 Å². The number of carbonyl (C=O) groups excluding carboxylic acids is 1. The summed E-state index contributed by atoms with van der Waals surface area (Å²) in [6, 6.07) is 17.9. The van der Waals surface area contributed by atoms with Crippen LogP contribution in [0.4, 0.5) is 5.69 Å². The van der Waals surface area contributed by atoms with Gasteiger partial charge in [0.2, 0.25) is 10.0 Å². The van der Waals surface area contributed by atoms with Gasteiger partial charge in [0.1, 0.15) is 5.75 Å². The Labute approximate surface area is 199 Å². The smallest absolute Gasteiger partial charge is 0.262 e. The molecule has 0 atom stereocenters. The molecule has 8 heteroatoms. The molecule has 0 unspecified atom stereocenters. The van der Waals surface area contributed by atoms with Gasteiger partial charge in [-0.3, -0.25) is 4.79 Å². The van der Waals surface area contributed by atoms with Crippen LogP contribution < -0.4 is 10.1 Å².